The number of nitrogens with one attached hydrogen (secondary N) is 2. The molecule has 6 nitrogen and oxygen atoms in total. The topological polar surface area (TPSA) is 81.3 Å². The molecular weight excluding hydrogens is 304 g/mol. The molecule has 2 aromatic carbocycles. The summed E-state index contributed by atoms with van der Waals surface area (Å²) in [6.07, 6.45) is 1.77. The van der Waals surface area contributed by atoms with Crippen molar-refractivity contribution in [2.24, 2.45) is 4.99 Å². The maximum Gasteiger partial charge on any atom is 0.323 e. The number of H-pyrrole nitrogens is 2. The Morgan fingerprint density at radius 2 is 1.75 bits per heavy atom. The van der Waals surface area contributed by atoms with Gasteiger partial charge in [-0.1, -0.05) is 30.3 Å². The molecule has 0 atom stereocenters. The molecule has 118 valence electrons. The zero-order valence-electron chi connectivity index (χ0n) is 12.9. The summed E-state index contributed by atoms with van der Waals surface area (Å²) in [6, 6.07) is 14.9. The van der Waals surface area contributed by atoms with Crippen LogP contribution in [0.1, 0.15) is 12.5 Å². The third kappa shape index (κ3) is 2.34. The molecule has 0 saturated carbocycles. The SMILES string of the molecule is CC1=N/C(=C/c2ccccc2)C(=O)N1c1ccc2[nH]c(=O)[nH]c2c1. The highest BCUT2D eigenvalue weighted by Gasteiger charge is 2.29. The van der Waals surface area contributed by atoms with E-state index < -0.39 is 0 Å². The van der Waals surface area contributed by atoms with E-state index >= 15 is 0 Å². The average molecular weight is 318 g/mol. The number of fused-ring (bicyclic) bond motifs is 1. The lowest BCUT2D eigenvalue weighted by Crippen LogP contribution is -2.30. The summed E-state index contributed by atoms with van der Waals surface area (Å²) in [5.41, 5.74) is 3.06. The molecule has 0 bridgehead atoms. The number of aromatic amines is 2. The lowest BCUT2D eigenvalue weighted by atomic mass is 10.2. The first-order valence-electron chi connectivity index (χ1n) is 7.50. The maximum atomic E-state index is 12.7. The number of amides is 1. The number of amidine groups is 1. The summed E-state index contributed by atoms with van der Waals surface area (Å²) in [5, 5.41) is 0. The zero-order valence-corrected chi connectivity index (χ0v) is 12.9. The minimum Gasteiger partial charge on any atom is -0.306 e. The smallest absolute Gasteiger partial charge is 0.306 e. The van der Waals surface area contributed by atoms with E-state index in [9.17, 15) is 9.59 Å². The molecule has 6 heteroatoms. The average Bonchev–Trinajstić information content (AvgIpc) is 3.06. The second-order valence-electron chi connectivity index (χ2n) is 5.55. The van der Waals surface area contributed by atoms with Crippen molar-refractivity contribution in [2.75, 3.05) is 4.90 Å². The first-order valence-corrected chi connectivity index (χ1v) is 7.50. The number of imidazole rings is 1. The molecule has 0 unspecified atom stereocenters. The maximum absolute atomic E-state index is 12.7. The van der Waals surface area contributed by atoms with Crippen molar-refractivity contribution in [3.05, 3.63) is 70.3 Å². The van der Waals surface area contributed by atoms with Gasteiger partial charge in [0.05, 0.1) is 16.7 Å². The van der Waals surface area contributed by atoms with E-state index in [2.05, 4.69) is 15.0 Å². The van der Waals surface area contributed by atoms with Gasteiger partial charge in [-0.15, -0.1) is 0 Å². The van der Waals surface area contributed by atoms with Crippen LogP contribution in [-0.2, 0) is 4.79 Å². The summed E-state index contributed by atoms with van der Waals surface area (Å²) in [5.74, 6) is 0.410. The van der Waals surface area contributed by atoms with Crippen molar-refractivity contribution in [1.29, 1.82) is 0 Å². The number of benzene rings is 2. The summed E-state index contributed by atoms with van der Waals surface area (Å²) in [7, 11) is 0. The van der Waals surface area contributed by atoms with Gasteiger partial charge in [-0.05, 0) is 36.8 Å². The van der Waals surface area contributed by atoms with Gasteiger partial charge in [0, 0.05) is 0 Å². The minimum absolute atomic E-state index is 0.186. The molecule has 0 radical (unpaired) electrons. The summed E-state index contributed by atoms with van der Waals surface area (Å²) < 4.78 is 0. The van der Waals surface area contributed by atoms with Crippen LogP contribution in [0.4, 0.5) is 5.69 Å². The summed E-state index contributed by atoms with van der Waals surface area (Å²) in [4.78, 5) is 35.4. The van der Waals surface area contributed by atoms with E-state index in [0.717, 1.165) is 5.56 Å². The molecule has 0 spiro atoms. The Hall–Kier alpha value is -3.41. The van der Waals surface area contributed by atoms with E-state index in [4.69, 9.17) is 0 Å². The Morgan fingerprint density at radius 3 is 2.54 bits per heavy atom. The van der Waals surface area contributed by atoms with Crippen molar-refractivity contribution in [3.8, 4) is 0 Å². The van der Waals surface area contributed by atoms with E-state index in [1.54, 1.807) is 36.1 Å². The van der Waals surface area contributed by atoms with Gasteiger partial charge in [-0.3, -0.25) is 9.69 Å². The van der Waals surface area contributed by atoms with Gasteiger partial charge in [0.2, 0.25) is 0 Å². The van der Waals surface area contributed by atoms with Gasteiger partial charge in [0.1, 0.15) is 11.5 Å². The largest absolute Gasteiger partial charge is 0.323 e. The number of rotatable bonds is 2. The van der Waals surface area contributed by atoms with Crippen molar-refractivity contribution in [3.63, 3.8) is 0 Å². The Kier molecular flexibility index (Phi) is 3.16. The van der Waals surface area contributed by atoms with Gasteiger partial charge in [-0.2, -0.15) is 0 Å². The van der Waals surface area contributed by atoms with E-state index in [0.29, 0.717) is 28.3 Å². The van der Waals surface area contributed by atoms with Crippen molar-refractivity contribution < 1.29 is 4.79 Å². The Bertz CT molecular complexity index is 1060. The predicted molar refractivity (Wildman–Crippen MR) is 93.9 cm³/mol. The molecule has 4 rings (SSSR count). The molecule has 1 aliphatic heterocycles. The molecule has 2 heterocycles. The molecule has 3 aromatic rings. The first-order chi connectivity index (χ1) is 11.6. The number of hydrogen-bond acceptors (Lipinski definition) is 3. The van der Waals surface area contributed by atoms with Crippen molar-refractivity contribution in [2.45, 2.75) is 6.92 Å². The molecule has 1 aromatic heterocycles. The highest BCUT2D eigenvalue weighted by atomic mass is 16.2. The Labute approximate surface area is 137 Å². The molecule has 1 aliphatic rings. The third-order valence-electron chi connectivity index (χ3n) is 3.89. The molecule has 0 fully saturated rings. The van der Waals surface area contributed by atoms with Crippen LogP contribution in [0.25, 0.3) is 17.1 Å². The molecule has 2 N–H and O–H groups in total. The highest BCUT2D eigenvalue weighted by molar-refractivity contribution is 6.28. The number of carbonyl (C=O) groups excluding carboxylic acids is 1. The predicted octanol–water partition coefficient (Wildman–Crippen LogP) is 2.66. The van der Waals surface area contributed by atoms with Gasteiger partial charge >= 0.3 is 5.69 Å². The molecule has 24 heavy (non-hydrogen) atoms. The monoisotopic (exact) mass is 318 g/mol. The minimum atomic E-state index is -0.273. The standard InChI is InChI=1S/C18H14N4O2/c1-11-19-16(9-12-5-3-2-4-6-12)17(23)22(11)13-7-8-14-15(10-13)21-18(24)20-14/h2-10H,1H3,(H2,20,21,24)/b16-9+. The van der Waals surface area contributed by atoms with E-state index in [1.807, 2.05) is 30.3 Å². The van der Waals surface area contributed by atoms with Crippen molar-refractivity contribution in [1.82, 2.24) is 9.97 Å². The van der Waals surface area contributed by atoms with Crippen LogP contribution in [0.15, 0.2) is 64.0 Å². The van der Waals surface area contributed by atoms with Gasteiger partial charge in [0.15, 0.2) is 0 Å². The quantitative estimate of drug-likeness (QED) is 0.712. The normalized spacial score (nSPS) is 16.2. The number of anilines is 1. The van der Waals surface area contributed by atoms with Crippen LogP contribution in [0.5, 0.6) is 0 Å². The Morgan fingerprint density at radius 1 is 1.00 bits per heavy atom. The summed E-state index contributed by atoms with van der Waals surface area (Å²) >= 11 is 0. The first kappa shape index (κ1) is 14.2. The van der Waals surface area contributed by atoms with Crippen LogP contribution in [0, 0.1) is 0 Å². The molecular formula is C18H14N4O2. The van der Waals surface area contributed by atoms with Gasteiger partial charge in [0.25, 0.3) is 5.91 Å². The van der Waals surface area contributed by atoms with Crippen LogP contribution < -0.4 is 10.6 Å². The highest BCUT2D eigenvalue weighted by Crippen LogP contribution is 2.26. The lowest BCUT2D eigenvalue weighted by Gasteiger charge is -2.15. The molecule has 0 aliphatic carbocycles. The molecule has 1 amide bonds. The fraction of sp³-hybridized carbons (Fsp3) is 0.0556. The van der Waals surface area contributed by atoms with E-state index in [1.165, 1.54) is 0 Å². The third-order valence-corrected chi connectivity index (χ3v) is 3.89. The fourth-order valence-electron chi connectivity index (χ4n) is 2.80. The van der Waals surface area contributed by atoms with Crippen LogP contribution in [-0.4, -0.2) is 21.7 Å². The molecule has 0 saturated heterocycles. The Balaban J connectivity index is 1.73. The number of carbonyl (C=O) groups is 1. The number of nitrogens with zero attached hydrogens (tertiary/aromatic N) is 2. The number of aliphatic imine (C=N–C) groups is 1. The fourth-order valence-corrected chi connectivity index (χ4v) is 2.80. The van der Waals surface area contributed by atoms with Crippen molar-refractivity contribution >= 4 is 34.5 Å². The van der Waals surface area contributed by atoms with Gasteiger partial charge in [-0.25, -0.2) is 9.79 Å². The van der Waals surface area contributed by atoms with Gasteiger partial charge < -0.3 is 9.97 Å². The second kappa shape index (κ2) is 5.34. The van der Waals surface area contributed by atoms with Crippen LogP contribution in [0.2, 0.25) is 0 Å². The lowest BCUT2D eigenvalue weighted by molar-refractivity contribution is -0.113. The summed E-state index contributed by atoms with van der Waals surface area (Å²) in [6.45, 7) is 1.79. The van der Waals surface area contributed by atoms with Crippen LogP contribution in [0.3, 0.4) is 0 Å². The number of aromatic nitrogens is 2. The van der Waals surface area contributed by atoms with E-state index in [-0.39, 0.29) is 11.6 Å². The second-order valence-corrected chi connectivity index (χ2v) is 5.55. The van der Waals surface area contributed by atoms with Crippen LogP contribution >= 0.6 is 0 Å². The zero-order chi connectivity index (χ0) is 16.7. The number of hydrogen-bond donors (Lipinski definition) is 2.